The maximum absolute atomic E-state index is 12.7. The summed E-state index contributed by atoms with van der Waals surface area (Å²) in [5.41, 5.74) is 0.718. The molecular formula is C20H32N4O2. The molecule has 2 heterocycles. The van der Waals surface area contributed by atoms with Crippen molar-refractivity contribution < 1.29 is 9.53 Å². The molecule has 1 aliphatic carbocycles. The molecule has 1 saturated carbocycles. The van der Waals surface area contributed by atoms with Crippen LogP contribution in [-0.4, -0.2) is 54.1 Å². The molecule has 1 aromatic rings. The Labute approximate surface area is 156 Å². The SMILES string of the molecule is COCc1cc(N2CCN(CC3CCCC3)C(=O)C2)nc(C(C)(C)C)n1. The summed E-state index contributed by atoms with van der Waals surface area (Å²) in [4.78, 5) is 26.2. The monoisotopic (exact) mass is 360 g/mol. The molecule has 6 heteroatoms. The summed E-state index contributed by atoms with van der Waals surface area (Å²) in [6.45, 7) is 9.70. The molecule has 1 saturated heterocycles. The Kier molecular flexibility index (Phi) is 5.80. The number of carbonyl (C=O) groups excluding carboxylic acids is 1. The van der Waals surface area contributed by atoms with Crippen LogP contribution in [0.3, 0.4) is 0 Å². The summed E-state index contributed by atoms with van der Waals surface area (Å²) >= 11 is 0. The Morgan fingerprint density at radius 1 is 1.19 bits per heavy atom. The first-order chi connectivity index (χ1) is 12.4. The van der Waals surface area contributed by atoms with E-state index in [1.807, 2.05) is 6.07 Å². The largest absolute Gasteiger partial charge is 0.378 e. The third-order valence-electron chi connectivity index (χ3n) is 5.32. The quantitative estimate of drug-likeness (QED) is 0.808. The molecule has 26 heavy (non-hydrogen) atoms. The van der Waals surface area contributed by atoms with Crippen molar-refractivity contribution in [3.8, 4) is 0 Å². The lowest BCUT2D eigenvalue weighted by Gasteiger charge is -2.36. The fourth-order valence-electron chi connectivity index (χ4n) is 3.80. The van der Waals surface area contributed by atoms with Gasteiger partial charge in [0.2, 0.25) is 5.91 Å². The van der Waals surface area contributed by atoms with Crippen LogP contribution in [0.25, 0.3) is 0 Å². The van der Waals surface area contributed by atoms with Gasteiger partial charge >= 0.3 is 0 Å². The second kappa shape index (κ2) is 7.91. The predicted octanol–water partition coefficient (Wildman–Crippen LogP) is 2.76. The number of piperazine rings is 1. The highest BCUT2D eigenvalue weighted by atomic mass is 16.5. The number of hydrogen-bond acceptors (Lipinski definition) is 5. The van der Waals surface area contributed by atoms with Crippen molar-refractivity contribution in [2.45, 2.75) is 58.5 Å². The number of aromatic nitrogens is 2. The summed E-state index contributed by atoms with van der Waals surface area (Å²) in [6, 6.07) is 1.96. The highest BCUT2D eigenvalue weighted by Gasteiger charge is 2.29. The van der Waals surface area contributed by atoms with E-state index in [1.54, 1.807) is 7.11 Å². The van der Waals surface area contributed by atoms with E-state index in [1.165, 1.54) is 25.7 Å². The van der Waals surface area contributed by atoms with Crippen LogP contribution in [0.1, 0.15) is 58.0 Å². The van der Waals surface area contributed by atoms with Crippen LogP contribution in [0.5, 0.6) is 0 Å². The number of anilines is 1. The van der Waals surface area contributed by atoms with Gasteiger partial charge in [0.15, 0.2) is 0 Å². The van der Waals surface area contributed by atoms with Crippen molar-refractivity contribution in [2.75, 3.05) is 38.2 Å². The van der Waals surface area contributed by atoms with Gasteiger partial charge in [0, 0.05) is 38.2 Å². The normalized spacial score (nSPS) is 19.5. The molecule has 144 valence electrons. The predicted molar refractivity (Wildman–Crippen MR) is 102 cm³/mol. The Hall–Kier alpha value is -1.69. The van der Waals surface area contributed by atoms with Crippen LogP contribution in [-0.2, 0) is 21.6 Å². The van der Waals surface area contributed by atoms with Crippen molar-refractivity contribution in [3.63, 3.8) is 0 Å². The highest BCUT2D eigenvalue weighted by Crippen LogP contribution is 2.27. The van der Waals surface area contributed by atoms with Gasteiger partial charge in [-0.2, -0.15) is 0 Å². The molecule has 0 spiro atoms. The van der Waals surface area contributed by atoms with Gasteiger partial charge in [-0.25, -0.2) is 9.97 Å². The highest BCUT2D eigenvalue weighted by molar-refractivity contribution is 5.82. The minimum absolute atomic E-state index is 0.146. The minimum atomic E-state index is -0.146. The molecule has 1 aliphatic heterocycles. The van der Waals surface area contributed by atoms with E-state index in [2.05, 4.69) is 35.6 Å². The smallest absolute Gasteiger partial charge is 0.242 e. The summed E-state index contributed by atoms with van der Waals surface area (Å²) in [7, 11) is 1.67. The summed E-state index contributed by atoms with van der Waals surface area (Å²) in [6.07, 6.45) is 5.18. The number of ether oxygens (including phenoxy) is 1. The van der Waals surface area contributed by atoms with Crippen molar-refractivity contribution in [1.29, 1.82) is 0 Å². The lowest BCUT2D eigenvalue weighted by atomic mass is 9.95. The number of nitrogens with zero attached hydrogens (tertiary/aromatic N) is 4. The molecule has 0 N–H and O–H groups in total. The topological polar surface area (TPSA) is 58.6 Å². The van der Waals surface area contributed by atoms with E-state index >= 15 is 0 Å². The molecule has 2 fully saturated rings. The molecule has 3 rings (SSSR count). The summed E-state index contributed by atoms with van der Waals surface area (Å²) in [5.74, 6) is 2.55. The summed E-state index contributed by atoms with van der Waals surface area (Å²) < 4.78 is 5.27. The first-order valence-electron chi connectivity index (χ1n) is 9.77. The Morgan fingerprint density at radius 2 is 1.92 bits per heavy atom. The number of carbonyl (C=O) groups is 1. The molecule has 0 radical (unpaired) electrons. The number of amides is 1. The van der Waals surface area contributed by atoms with Crippen LogP contribution in [0.2, 0.25) is 0 Å². The fourth-order valence-corrected chi connectivity index (χ4v) is 3.80. The number of hydrogen-bond donors (Lipinski definition) is 0. The van der Waals surface area contributed by atoms with E-state index in [0.29, 0.717) is 19.1 Å². The van der Waals surface area contributed by atoms with Crippen LogP contribution < -0.4 is 4.90 Å². The lowest BCUT2D eigenvalue weighted by molar-refractivity contribution is -0.131. The van der Waals surface area contributed by atoms with Gasteiger partial charge in [0.05, 0.1) is 18.8 Å². The molecule has 1 amide bonds. The van der Waals surface area contributed by atoms with E-state index < -0.39 is 0 Å². The van der Waals surface area contributed by atoms with Crippen LogP contribution in [0.15, 0.2) is 6.07 Å². The average Bonchev–Trinajstić information content (AvgIpc) is 3.09. The van der Waals surface area contributed by atoms with Crippen LogP contribution in [0.4, 0.5) is 5.82 Å². The minimum Gasteiger partial charge on any atom is -0.378 e. The zero-order chi connectivity index (χ0) is 18.7. The van der Waals surface area contributed by atoms with E-state index in [9.17, 15) is 4.79 Å². The van der Waals surface area contributed by atoms with Gasteiger partial charge in [-0.05, 0) is 18.8 Å². The molecular weight excluding hydrogens is 328 g/mol. The average molecular weight is 361 g/mol. The van der Waals surface area contributed by atoms with Crippen molar-refractivity contribution in [1.82, 2.24) is 14.9 Å². The van der Waals surface area contributed by atoms with Gasteiger partial charge < -0.3 is 14.5 Å². The van der Waals surface area contributed by atoms with Crippen molar-refractivity contribution in [3.05, 3.63) is 17.6 Å². The standard InChI is InChI=1S/C20H32N4O2/c1-20(2,3)19-21-16(14-26-4)11-17(22-19)23-9-10-24(18(25)13-23)12-15-7-5-6-8-15/h11,15H,5-10,12-14H2,1-4H3. The molecule has 1 aromatic heterocycles. The van der Waals surface area contributed by atoms with Gasteiger partial charge in [-0.1, -0.05) is 33.6 Å². The maximum Gasteiger partial charge on any atom is 0.242 e. The van der Waals surface area contributed by atoms with E-state index in [0.717, 1.165) is 37.0 Å². The van der Waals surface area contributed by atoms with E-state index in [4.69, 9.17) is 9.72 Å². The second-order valence-electron chi connectivity index (χ2n) is 8.64. The molecule has 6 nitrogen and oxygen atoms in total. The Balaban J connectivity index is 1.72. The fraction of sp³-hybridized carbons (Fsp3) is 0.750. The lowest BCUT2D eigenvalue weighted by Crippen LogP contribution is -2.51. The van der Waals surface area contributed by atoms with Gasteiger partial charge in [-0.3, -0.25) is 4.79 Å². The first-order valence-corrected chi connectivity index (χ1v) is 9.77. The van der Waals surface area contributed by atoms with Crippen molar-refractivity contribution >= 4 is 11.7 Å². The third kappa shape index (κ3) is 4.53. The van der Waals surface area contributed by atoms with Crippen LogP contribution in [0, 0.1) is 5.92 Å². The Bertz CT molecular complexity index is 635. The van der Waals surface area contributed by atoms with Gasteiger partial charge in [0.25, 0.3) is 0 Å². The molecule has 0 unspecified atom stereocenters. The zero-order valence-electron chi connectivity index (χ0n) is 16.6. The summed E-state index contributed by atoms with van der Waals surface area (Å²) in [5, 5.41) is 0. The van der Waals surface area contributed by atoms with Crippen LogP contribution >= 0.6 is 0 Å². The van der Waals surface area contributed by atoms with Crippen molar-refractivity contribution in [2.24, 2.45) is 5.92 Å². The molecule has 0 aromatic carbocycles. The second-order valence-corrected chi connectivity index (χ2v) is 8.64. The number of rotatable bonds is 5. The van der Waals surface area contributed by atoms with Gasteiger partial charge in [0.1, 0.15) is 11.6 Å². The maximum atomic E-state index is 12.7. The molecule has 0 bridgehead atoms. The van der Waals surface area contributed by atoms with Gasteiger partial charge in [-0.15, -0.1) is 0 Å². The Morgan fingerprint density at radius 3 is 2.54 bits per heavy atom. The first kappa shape index (κ1) is 19.1. The molecule has 0 atom stereocenters. The zero-order valence-corrected chi connectivity index (χ0v) is 16.6. The third-order valence-corrected chi connectivity index (χ3v) is 5.32. The number of methoxy groups -OCH3 is 1. The van der Waals surface area contributed by atoms with E-state index in [-0.39, 0.29) is 11.3 Å². The molecule has 2 aliphatic rings.